The van der Waals surface area contributed by atoms with Gasteiger partial charge in [-0.15, -0.1) is 0 Å². The summed E-state index contributed by atoms with van der Waals surface area (Å²) in [6, 6.07) is 17.5. The maximum absolute atomic E-state index is 6.24. The molecule has 2 N–H and O–H groups in total. The Balaban J connectivity index is 1.38. The van der Waals surface area contributed by atoms with Gasteiger partial charge in [-0.25, -0.2) is 0 Å². The summed E-state index contributed by atoms with van der Waals surface area (Å²) < 4.78 is 2.43. The van der Waals surface area contributed by atoms with E-state index in [-0.39, 0.29) is 0 Å². The van der Waals surface area contributed by atoms with Gasteiger partial charge in [0.05, 0.1) is 11.0 Å². The highest BCUT2D eigenvalue weighted by Gasteiger charge is 2.25. The molecule has 0 aliphatic heterocycles. The van der Waals surface area contributed by atoms with Gasteiger partial charge < -0.3 is 10.3 Å². The van der Waals surface area contributed by atoms with Gasteiger partial charge in [-0.2, -0.15) is 0 Å². The molecule has 0 spiro atoms. The van der Waals surface area contributed by atoms with E-state index in [1.165, 1.54) is 57.0 Å². The average molecular weight is 441 g/mol. The lowest BCUT2D eigenvalue weighted by atomic mass is 9.78. The molecule has 4 aromatic rings. The van der Waals surface area contributed by atoms with E-state index in [2.05, 4.69) is 89.6 Å². The van der Waals surface area contributed by atoms with Crippen LogP contribution in [0.3, 0.4) is 0 Å². The summed E-state index contributed by atoms with van der Waals surface area (Å²) >= 11 is 0. The van der Waals surface area contributed by atoms with E-state index in [1.807, 2.05) is 6.07 Å². The van der Waals surface area contributed by atoms with Crippen LogP contribution in [0.1, 0.15) is 53.0 Å². The third-order valence-corrected chi connectivity index (χ3v) is 7.81. The molecular weight excluding hydrogens is 412 g/mol. The van der Waals surface area contributed by atoms with E-state index in [9.17, 15) is 0 Å². The van der Waals surface area contributed by atoms with Crippen molar-refractivity contribution >= 4 is 45.3 Å². The van der Waals surface area contributed by atoms with E-state index in [1.54, 1.807) is 11.1 Å². The number of rotatable bonds is 2. The monoisotopic (exact) mass is 440 g/mol. The van der Waals surface area contributed by atoms with Crippen molar-refractivity contribution in [1.82, 2.24) is 4.57 Å². The molecule has 3 aliphatic carbocycles. The second-order valence-electron chi connectivity index (χ2n) is 9.79. The predicted octanol–water partition coefficient (Wildman–Crippen LogP) is 7.88. The fraction of sp³-hybridized carbons (Fsp3) is 0.188. The van der Waals surface area contributed by atoms with Crippen LogP contribution in [0.15, 0.2) is 78.9 Å². The number of nitrogens with two attached hydrogens (primary N) is 1. The molecule has 2 heteroatoms. The first-order chi connectivity index (χ1) is 16.8. The van der Waals surface area contributed by atoms with Crippen LogP contribution in [0.25, 0.3) is 39.7 Å². The average Bonchev–Trinajstić information content (AvgIpc) is 3.21. The van der Waals surface area contributed by atoms with E-state index >= 15 is 0 Å². The summed E-state index contributed by atoms with van der Waals surface area (Å²) in [4.78, 5) is 0. The van der Waals surface area contributed by atoms with Crippen LogP contribution < -0.4 is 5.73 Å². The van der Waals surface area contributed by atoms with Crippen LogP contribution in [0.4, 0.5) is 5.69 Å². The van der Waals surface area contributed by atoms with Crippen LogP contribution in [0.2, 0.25) is 0 Å². The number of nitrogens with zero attached hydrogens (tertiary/aromatic N) is 1. The Morgan fingerprint density at radius 1 is 0.824 bits per heavy atom. The minimum atomic E-state index is 0.356. The van der Waals surface area contributed by atoms with E-state index in [0.717, 1.165) is 24.9 Å². The van der Waals surface area contributed by atoms with Crippen LogP contribution in [-0.4, -0.2) is 4.57 Å². The number of hydrogen-bond acceptors (Lipinski definition) is 1. The number of para-hydroxylation sites is 1. The molecule has 0 saturated carbocycles. The van der Waals surface area contributed by atoms with Gasteiger partial charge in [0.25, 0.3) is 0 Å². The van der Waals surface area contributed by atoms with Gasteiger partial charge in [0.2, 0.25) is 0 Å². The fourth-order valence-corrected chi connectivity index (χ4v) is 6.28. The molecule has 2 nitrogen and oxygen atoms in total. The van der Waals surface area contributed by atoms with Crippen LogP contribution >= 0.6 is 0 Å². The molecular formula is C32H28N2. The largest absolute Gasteiger partial charge is 0.399 e. The lowest BCUT2D eigenvalue weighted by molar-refractivity contribution is 0.819. The van der Waals surface area contributed by atoms with Gasteiger partial charge >= 0.3 is 0 Å². The number of anilines is 1. The highest BCUT2D eigenvalue weighted by molar-refractivity contribution is 6.10. The number of hydrogen-bond donors (Lipinski definition) is 1. The van der Waals surface area contributed by atoms with Crippen molar-refractivity contribution in [2.24, 2.45) is 0 Å². The summed E-state index contributed by atoms with van der Waals surface area (Å²) in [7, 11) is 0. The van der Waals surface area contributed by atoms with Gasteiger partial charge in [0, 0.05) is 28.1 Å². The van der Waals surface area contributed by atoms with Crippen LogP contribution in [0, 0.1) is 0 Å². The molecule has 0 fully saturated rings. The summed E-state index contributed by atoms with van der Waals surface area (Å²) in [5, 5.41) is 2.54. The molecule has 1 heterocycles. The lowest BCUT2D eigenvalue weighted by Gasteiger charge is -2.28. The highest BCUT2D eigenvalue weighted by Crippen LogP contribution is 2.42. The number of fused-ring (bicyclic) bond motifs is 6. The minimum Gasteiger partial charge on any atom is -0.399 e. The zero-order valence-corrected chi connectivity index (χ0v) is 19.3. The quantitative estimate of drug-likeness (QED) is 0.316. The van der Waals surface area contributed by atoms with Gasteiger partial charge in [-0.1, -0.05) is 66.8 Å². The Labute approximate surface area is 200 Å². The van der Waals surface area contributed by atoms with Crippen molar-refractivity contribution in [2.45, 2.75) is 38.0 Å². The molecule has 1 unspecified atom stereocenters. The first kappa shape index (κ1) is 19.7. The van der Waals surface area contributed by atoms with Crippen LogP contribution in [0.5, 0.6) is 0 Å². The molecule has 3 aromatic carbocycles. The van der Waals surface area contributed by atoms with Crippen molar-refractivity contribution in [1.29, 1.82) is 0 Å². The van der Waals surface area contributed by atoms with Gasteiger partial charge in [0.1, 0.15) is 0 Å². The number of benzene rings is 3. The van der Waals surface area contributed by atoms with Crippen molar-refractivity contribution < 1.29 is 0 Å². The zero-order chi connectivity index (χ0) is 22.6. The highest BCUT2D eigenvalue weighted by atomic mass is 15.0. The summed E-state index contributed by atoms with van der Waals surface area (Å²) in [6.45, 7) is 0. The lowest BCUT2D eigenvalue weighted by Crippen LogP contribution is -2.12. The molecule has 1 aromatic heterocycles. The van der Waals surface area contributed by atoms with E-state index in [4.69, 9.17) is 5.73 Å². The van der Waals surface area contributed by atoms with Crippen molar-refractivity contribution in [3.05, 3.63) is 107 Å². The Kier molecular flexibility index (Phi) is 4.41. The van der Waals surface area contributed by atoms with Gasteiger partial charge in [-0.3, -0.25) is 0 Å². The SMILES string of the molecule is Nc1ccc2c3ccccc3n(C3=CC=CC(c4cc5c(c6c4C=CCC6)CCC=C5)C3)c2c1. The molecule has 3 aliphatic rings. The first-order valence-electron chi connectivity index (χ1n) is 12.5. The smallest absolute Gasteiger partial charge is 0.0558 e. The molecule has 34 heavy (non-hydrogen) atoms. The Morgan fingerprint density at radius 3 is 2.59 bits per heavy atom. The second kappa shape index (κ2) is 7.63. The standard InChI is InChI=1S/C32H28N2/c33-23-16-17-29-28-14-5-6-15-31(28)34(32(29)20-23)24-10-7-9-21(18-24)30-19-22-8-1-2-11-25(22)26-12-3-4-13-27(26)30/h1,4-10,13-17,19-21H,2-3,11-12,18,33H2. The van der Waals surface area contributed by atoms with Crippen molar-refractivity contribution in [3.63, 3.8) is 0 Å². The van der Waals surface area contributed by atoms with Crippen molar-refractivity contribution in [3.8, 4) is 0 Å². The third-order valence-electron chi connectivity index (χ3n) is 7.81. The molecule has 0 bridgehead atoms. The number of aromatic nitrogens is 1. The fourth-order valence-electron chi connectivity index (χ4n) is 6.28. The zero-order valence-electron chi connectivity index (χ0n) is 19.3. The Bertz CT molecular complexity index is 1590. The molecule has 166 valence electrons. The topological polar surface area (TPSA) is 30.9 Å². The number of allylic oxidation sites excluding steroid dienone is 6. The maximum atomic E-state index is 6.24. The molecule has 1 atom stereocenters. The van der Waals surface area contributed by atoms with E-state index in [0.29, 0.717) is 5.92 Å². The summed E-state index contributed by atoms with van der Waals surface area (Å²) in [5.41, 5.74) is 18.4. The summed E-state index contributed by atoms with van der Waals surface area (Å²) in [5.74, 6) is 0.356. The van der Waals surface area contributed by atoms with E-state index < -0.39 is 0 Å². The molecule has 0 saturated heterocycles. The maximum Gasteiger partial charge on any atom is 0.0558 e. The van der Waals surface area contributed by atoms with Gasteiger partial charge in [-0.05, 0) is 84.2 Å². The minimum absolute atomic E-state index is 0.356. The Hall–Kier alpha value is -3.78. The summed E-state index contributed by atoms with van der Waals surface area (Å²) in [6.07, 6.45) is 22.0. The van der Waals surface area contributed by atoms with Crippen molar-refractivity contribution in [2.75, 3.05) is 5.73 Å². The normalized spacial score (nSPS) is 18.8. The second-order valence-corrected chi connectivity index (χ2v) is 9.79. The Morgan fingerprint density at radius 2 is 1.65 bits per heavy atom. The molecule has 0 amide bonds. The third kappa shape index (κ3) is 2.95. The molecule has 7 rings (SSSR count). The van der Waals surface area contributed by atoms with Gasteiger partial charge in [0.15, 0.2) is 0 Å². The first-order valence-corrected chi connectivity index (χ1v) is 12.5. The molecule has 0 radical (unpaired) electrons. The van der Waals surface area contributed by atoms with Crippen LogP contribution in [-0.2, 0) is 12.8 Å². The predicted molar refractivity (Wildman–Crippen MR) is 146 cm³/mol. The number of nitrogen functional groups attached to an aromatic ring is 1.